The molecule has 0 saturated heterocycles. The highest BCUT2D eigenvalue weighted by atomic mass is 16.3. The molecular weight excluding hydrogens is 262 g/mol. The summed E-state index contributed by atoms with van der Waals surface area (Å²) in [5.74, 6) is 0.271. The number of phenols is 1. The van der Waals surface area contributed by atoms with Crippen molar-refractivity contribution in [2.75, 3.05) is 0 Å². The van der Waals surface area contributed by atoms with Crippen LogP contribution in [0.5, 0.6) is 5.75 Å². The van der Waals surface area contributed by atoms with E-state index in [4.69, 9.17) is 0 Å². The van der Waals surface area contributed by atoms with E-state index in [9.17, 15) is 5.11 Å². The van der Waals surface area contributed by atoms with Gasteiger partial charge in [-0.3, -0.25) is 0 Å². The quantitative estimate of drug-likeness (QED) is 0.782. The fraction of sp³-hybridized carbons (Fsp3) is 0.294. The number of benzene rings is 2. The largest absolute Gasteiger partial charge is 0.508 e. The van der Waals surface area contributed by atoms with E-state index in [1.807, 2.05) is 18.2 Å². The van der Waals surface area contributed by atoms with Gasteiger partial charge < -0.3 is 5.11 Å². The third-order valence-corrected chi connectivity index (χ3v) is 3.55. The summed E-state index contributed by atoms with van der Waals surface area (Å²) in [5.41, 5.74) is 4.24. The molecule has 0 aliphatic heterocycles. The molecule has 2 aromatic carbocycles. The van der Waals surface area contributed by atoms with Crippen LogP contribution in [0.25, 0.3) is 11.0 Å². The topological polar surface area (TPSA) is 50.9 Å². The van der Waals surface area contributed by atoms with Gasteiger partial charge in [0.05, 0.1) is 6.54 Å². The van der Waals surface area contributed by atoms with Crippen LogP contribution in [0.2, 0.25) is 0 Å². The van der Waals surface area contributed by atoms with Gasteiger partial charge in [-0.1, -0.05) is 39.0 Å². The van der Waals surface area contributed by atoms with E-state index >= 15 is 0 Å². The maximum absolute atomic E-state index is 9.31. The van der Waals surface area contributed by atoms with Gasteiger partial charge in [0.1, 0.15) is 16.8 Å². The summed E-state index contributed by atoms with van der Waals surface area (Å²) < 4.78 is 0. The zero-order valence-electron chi connectivity index (χ0n) is 12.5. The Bertz CT molecular complexity index is 767. The lowest BCUT2D eigenvalue weighted by molar-refractivity contribution is 0.474. The zero-order chi connectivity index (χ0) is 15.0. The van der Waals surface area contributed by atoms with Crippen LogP contribution in [0.3, 0.4) is 0 Å². The van der Waals surface area contributed by atoms with E-state index in [-0.39, 0.29) is 11.2 Å². The van der Waals surface area contributed by atoms with Crippen LogP contribution in [0.4, 0.5) is 0 Å². The first kappa shape index (κ1) is 13.6. The Morgan fingerprint density at radius 1 is 0.952 bits per heavy atom. The highest BCUT2D eigenvalue weighted by Gasteiger charge is 2.15. The fourth-order valence-corrected chi connectivity index (χ4v) is 2.26. The molecule has 3 rings (SSSR count). The van der Waals surface area contributed by atoms with Gasteiger partial charge in [0, 0.05) is 0 Å². The molecule has 1 aromatic heterocycles. The molecule has 4 heteroatoms. The van der Waals surface area contributed by atoms with E-state index in [0.29, 0.717) is 6.54 Å². The molecule has 1 heterocycles. The smallest absolute Gasteiger partial charge is 0.115 e. The minimum absolute atomic E-state index is 0.106. The predicted molar refractivity (Wildman–Crippen MR) is 83.4 cm³/mol. The molecule has 3 aromatic rings. The Labute approximate surface area is 124 Å². The lowest BCUT2D eigenvalue weighted by Gasteiger charge is -2.18. The summed E-state index contributed by atoms with van der Waals surface area (Å²) in [6.45, 7) is 7.17. The second kappa shape index (κ2) is 4.88. The number of phenolic OH excluding ortho intramolecular Hbond substituents is 1. The van der Waals surface area contributed by atoms with Gasteiger partial charge in [-0.25, -0.2) is 0 Å². The average molecular weight is 281 g/mol. The molecule has 1 N–H and O–H groups in total. The monoisotopic (exact) mass is 281 g/mol. The highest BCUT2D eigenvalue weighted by Crippen LogP contribution is 2.24. The van der Waals surface area contributed by atoms with Gasteiger partial charge in [0.25, 0.3) is 0 Å². The first-order valence-electron chi connectivity index (χ1n) is 7.05. The molecule has 0 saturated carbocycles. The van der Waals surface area contributed by atoms with Crippen molar-refractivity contribution < 1.29 is 5.11 Å². The SMILES string of the molecule is CC(C)(C)c1ccc2nn(Cc3ccc(O)cc3)nc2c1. The number of fused-ring (bicyclic) bond motifs is 1. The van der Waals surface area contributed by atoms with Crippen LogP contribution in [0, 0.1) is 0 Å². The minimum atomic E-state index is 0.106. The van der Waals surface area contributed by atoms with E-state index in [2.05, 4.69) is 43.1 Å². The summed E-state index contributed by atoms with van der Waals surface area (Å²) >= 11 is 0. The van der Waals surface area contributed by atoms with Gasteiger partial charge in [0.15, 0.2) is 0 Å². The van der Waals surface area contributed by atoms with Crippen LogP contribution in [-0.4, -0.2) is 20.1 Å². The molecule has 0 bridgehead atoms. The first-order chi connectivity index (χ1) is 9.91. The van der Waals surface area contributed by atoms with Crippen molar-refractivity contribution in [3.63, 3.8) is 0 Å². The molecule has 0 amide bonds. The van der Waals surface area contributed by atoms with E-state index in [1.54, 1.807) is 16.9 Å². The van der Waals surface area contributed by atoms with Gasteiger partial charge >= 0.3 is 0 Å². The van der Waals surface area contributed by atoms with Crippen molar-refractivity contribution >= 4 is 11.0 Å². The number of hydrogen-bond acceptors (Lipinski definition) is 3. The molecular formula is C17H19N3O. The van der Waals surface area contributed by atoms with Gasteiger partial charge in [-0.2, -0.15) is 15.0 Å². The first-order valence-corrected chi connectivity index (χ1v) is 7.05. The van der Waals surface area contributed by atoms with Crippen molar-refractivity contribution in [1.29, 1.82) is 0 Å². The van der Waals surface area contributed by atoms with E-state index in [1.165, 1.54) is 5.56 Å². The summed E-state index contributed by atoms with van der Waals surface area (Å²) in [6.07, 6.45) is 0. The second-order valence-electron chi connectivity index (χ2n) is 6.35. The number of nitrogens with zero attached hydrogens (tertiary/aromatic N) is 3. The number of aromatic hydroxyl groups is 1. The Morgan fingerprint density at radius 3 is 2.29 bits per heavy atom. The van der Waals surface area contributed by atoms with Gasteiger partial charge in [-0.15, -0.1) is 0 Å². The lowest BCUT2D eigenvalue weighted by Crippen LogP contribution is -2.10. The molecule has 0 spiro atoms. The number of hydrogen-bond donors (Lipinski definition) is 1. The van der Waals surface area contributed by atoms with E-state index in [0.717, 1.165) is 16.6 Å². The van der Waals surface area contributed by atoms with Crippen molar-refractivity contribution in [2.24, 2.45) is 0 Å². The van der Waals surface area contributed by atoms with Crippen LogP contribution in [0.1, 0.15) is 31.9 Å². The van der Waals surface area contributed by atoms with Crippen molar-refractivity contribution in [3.05, 3.63) is 53.6 Å². The van der Waals surface area contributed by atoms with E-state index < -0.39 is 0 Å². The summed E-state index contributed by atoms with van der Waals surface area (Å²) in [6, 6.07) is 13.4. The summed E-state index contributed by atoms with van der Waals surface area (Å²) in [7, 11) is 0. The Hall–Kier alpha value is -2.36. The maximum atomic E-state index is 9.31. The second-order valence-corrected chi connectivity index (χ2v) is 6.35. The third kappa shape index (κ3) is 2.89. The van der Waals surface area contributed by atoms with Crippen LogP contribution < -0.4 is 0 Å². The minimum Gasteiger partial charge on any atom is -0.508 e. The average Bonchev–Trinajstić information content (AvgIpc) is 2.81. The molecule has 108 valence electrons. The van der Waals surface area contributed by atoms with Gasteiger partial charge in [0.2, 0.25) is 0 Å². The third-order valence-electron chi connectivity index (χ3n) is 3.55. The van der Waals surface area contributed by atoms with Crippen molar-refractivity contribution in [3.8, 4) is 5.75 Å². The molecule has 0 atom stereocenters. The molecule has 0 unspecified atom stereocenters. The summed E-state index contributed by atoms with van der Waals surface area (Å²) in [5, 5.41) is 18.4. The standard InChI is InChI=1S/C17H19N3O/c1-17(2,3)13-6-9-15-16(10-13)19-20(18-15)11-12-4-7-14(21)8-5-12/h4-10,21H,11H2,1-3H3. The Balaban J connectivity index is 1.92. The lowest BCUT2D eigenvalue weighted by atomic mass is 9.87. The van der Waals surface area contributed by atoms with Crippen molar-refractivity contribution in [1.82, 2.24) is 15.0 Å². The molecule has 4 nitrogen and oxygen atoms in total. The number of aromatic nitrogens is 3. The van der Waals surface area contributed by atoms with Crippen LogP contribution in [0.15, 0.2) is 42.5 Å². The maximum Gasteiger partial charge on any atom is 0.115 e. The fourth-order valence-electron chi connectivity index (χ4n) is 2.26. The summed E-state index contributed by atoms with van der Waals surface area (Å²) in [4.78, 5) is 1.70. The number of rotatable bonds is 2. The van der Waals surface area contributed by atoms with Crippen LogP contribution in [-0.2, 0) is 12.0 Å². The van der Waals surface area contributed by atoms with Gasteiger partial charge in [-0.05, 0) is 40.8 Å². The highest BCUT2D eigenvalue weighted by molar-refractivity contribution is 5.74. The normalized spacial score (nSPS) is 12.0. The zero-order valence-corrected chi connectivity index (χ0v) is 12.5. The predicted octanol–water partition coefficient (Wildman–Crippen LogP) is 3.48. The van der Waals surface area contributed by atoms with Crippen molar-refractivity contribution in [2.45, 2.75) is 32.7 Å². The molecule has 0 fully saturated rings. The van der Waals surface area contributed by atoms with Crippen LogP contribution >= 0.6 is 0 Å². The molecule has 21 heavy (non-hydrogen) atoms. The Morgan fingerprint density at radius 2 is 1.62 bits per heavy atom. The molecule has 0 aliphatic rings. The Kier molecular flexibility index (Phi) is 3.16. The molecule has 0 aliphatic carbocycles. The molecule has 0 radical (unpaired) electrons.